The van der Waals surface area contributed by atoms with Crippen LogP contribution >= 0.6 is 0 Å². The Morgan fingerprint density at radius 3 is 1.96 bits per heavy atom. The van der Waals surface area contributed by atoms with Crippen molar-refractivity contribution in [2.24, 2.45) is 11.5 Å². The van der Waals surface area contributed by atoms with Crippen molar-refractivity contribution in [1.82, 2.24) is 0 Å². The first-order valence-corrected chi connectivity index (χ1v) is 8.17. The lowest BCUT2D eigenvalue weighted by Gasteiger charge is -2.29. The number of carbonyl (C=O) groups excluding carboxylic acids is 2. The third-order valence-corrected chi connectivity index (χ3v) is 4.11. The Labute approximate surface area is 156 Å². The van der Waals surface area contributed by atoms with Gasteiger partial charge < -0.3 is 20.9 Å². The number of carbonyl (C=O) groups is 2. The van der Waals surface area contributed by atoms with Crippen molar-refractivity contribution in [3.8, 4) is 0 Å². The number of allylic oxidation sites excluding steroid dienone is 4. The average molecular weight is 362 g/mol. The van der Waals surface area contributed by atoms with Crippen LogP contribution in [0.3, 0.4) is 0 Å². The van der Waals surface area contributed by atoms with Crippen molar-refractivity contribution in [1.29, 1.82) is 0 Å². The van der Waals surface area contributed by atoms with Gasteiger partial charge in [0, 0.05) is 11.1 Å². The lowest BCUT2D eigenvalue weighted by molar-refractivity contribution is 0.177. The van der Waals surface area contributed by atoms with Gasteiger partial charge in [0.2, 0.25) is 0 Å². The Morgan fingerprint density at radius 1 is 0.852 bits per heavy atom. The molecule has 0 aliphatic heterocycles. The maximum Gasteiger partial charge on any atom is 0.409 e. The molecule has 2 aromatic rings. The van der Waals surface area contributed by atoms with Crippen LogP contribution in [-0.4, -0.2) is 12.2 Å². The van der Waals surface area contributed by atoms with Gasteiger partial charge in [0.25, 0.3) is 0 Å². The molecule has 27 heavy (non-hydrogen) atoms. The maximum absolute atomic E-state index is 11.6. The number of primary amides is 2. The number of ether oxygens (including phenoxy) is 2. The van der Waals surface area contributed by atoms with Crippen molar-refractivity contribution in [2.75, 3.05) is 0 Å². The Kier molecular flexibility index (Phi) is 5.08. The van der Waals surface area contributed by atoms with E-state index in [1.165, 1.54) is 0 Å². The minimum atomic E-state index is -0.958. The van der Waals surface area contributed by atoms with Gasteiger partial charge in [-0.05, 0) is 17.2 Å². The SMILES string of the molecule is C=C1C(OC(N)=O)=CC(c2ccccc2)=C(OC(N)=O)C1c1ccccc1. The number of hydrogen-bond donors (Lipinski definition) is 2. The van der Waals surface area contributed by atoms with E-state index in [1.807, 2.05) is 60.7 Å². The van der Waals surface area contributed by atoms with E-state index in [-0.39, 0.29) is 5.76 Å². The minimum absolute atomic E-state index is 0.201. The topological polar surface area (TPSA) is 105 Å². The second kappa shape index (κ2) is 7.61. The summed E-state index contributed by atoms with van der Waals surface area (Å²) >= 11 is 0. The number of hydrogen-bond acceptors (Lipinski definition) is 4. The van der Waals surface area contributed by atoms with E-state index < -0.39 is 18.1 Å². The summed E-state index contributed by atoms with van der Waals surface area (Å²) in [5.74, 6) is -0.0676. The zero-order chi connectivity index (χ0) is 19.4. The Bertz CT molecular complexity index is 947. The van der Waals surface area contributed by atoms with Crippen LogP contribution in [0.4, 0.5) is 9.59 Å². The van der Waals surface area contributed by atoms with E-state index in [0.717, 1.165) is 11.1 Å². The van der Waals surface area contributed by atoms with E-state index in [1.54, 1.807) is 6.08 Å². The third-order valence-electron chi connectivity index (χ3n) is 4.11. The highest BCUT2D eigenvalue weighted by atomic mass is 16.6. The zero-order valence-corrected chi connectivity index (χ0v) is 14.4. The molecule has 6 heteroatoms. The molecule has 4 N–H and O–H groups in total. The Morgan fingerprint density at radius 2 is 1.41 bits per heavy atom. The summed E-state index contributed by atoms with van der Waals surface area (Å²) in [6.07, 6.45) is -0.333. The molecule has 1 atom stereocenters. The first-order valence-electron chi connectivity index (χ1n) is 8.17. The molecule has 0 radical (unpaired) electrons. The molecule has 6 nitrogen and oxygen atoms in total. The number of rotatable bonds is 4. The predicted octanol–water partition coefficient (Wildman–Crippen LogP) is 3.83. The predicted molar refractivity (Wildman–Crippen MR) is 101 cm³/mol. The molecule has 2 amide bonds. The van der Waals surface area contributed by atoms with Gasteiger partial charge >= 0.3 is 12.2 Å². The maximum atomic E-state index is 11.6. The molecule has 0 heterocycles. The number of nitrogens with two attached hydrogens (primary N) is 2. The lowest BCUT2D eigenvalue weighted by atomic mass is 9.81. The number of amides is 2. The molecule has 0 fully saturated rings. The smallest absolute Gasteiger partial charge is 0.409 e. The van der Waals surface area contributed by atoms with Crippen LogP contribution in [0.15, 0.2) is 90.4 Å². The normalized spacial score (nSPS) is 16.5. The van der Waals surface area contributed by atoms with Crippen LogP contribution in [-0.2, 0) is 9.47 Å². The van der Waals surface area contributed by atoms with Gasteiger partial charge in [0.05, 0.1) is 5.92 Å². The van der Waals surface area contributed by atoms with Crippen molar-refractivity contribution < 1.29 is 19.1 Å². The highest BCUT2D eigenvalue weighted by molar-refractivity contribution is 5.84. The summed E-state index contributed by atoms with van der Waals surface area (Å²) in [7, 11) is 0. The molecule has 1 unspecified atom stereocenters. The van der Waals surface area contributed by atoms with Gasteiger partial charge in [-0.25, -0.2) is 9.59 Å². The Balaban J connectivity index is 2.25. The minimum Gasteiger partial charge on any atom is -0.413 e. The van der Waals surface area contributed by atoms with Crippen molar-refractivity contribution in [2.45, 2.75) is 5.92 Å². The summed E-state index contributed by atoms with van der Waals surface area (Å²) in [4.78, 5) is 23.0. The van der Waals surface area contributed by atoms with Gasteiger partial charge in [-0.15, -0.1) is 0 Å². The second-order valence-corrected chi connectivity index (χ2v) is 5.86. The summed E-state index contributed by atoms with van der Waals surface area (Å²) in [6.45, 7) is 4.02. The molecule has 0 saturated carbocycles. The van der Waals surface area contributed by atoms with Gasteiger partial charge in [-0.3, -0.25) is 0 Å². The molecule has 2 aromatic carbocycles. The van der Waals surface area contributed by atoms with Crippen molar-refractivity contribution in [3.05, 3.63) is 102 Å². The summed E-state index contributed by atoms with van der Waals surface area (Å²) in [6, 6.07) is 18.5. The molecule has 0 spiro atoms. The highest BCUT2D eigenvalue weighted by Crippen LogP contribution is 2.44. The van der Waals surface area contributed by atoms with Gasteiger partial charge in [-0.1, -0.05) is 67.2 Å². The molecular weight excluding hydrogens is 344 g/mol. The fourth-order valence-corrected chi connectivity index (χ4v) is 3.02. The van der Waals surface area contributed by atoms with E-state index in [0.29, 0.717) is 16.9 Å². The van der Waals surface area contributed by atoms with Gasteiger partial charge in [-0.2, -0.15) is 0 Å². The quantitative estimate of drug-likeness (QED) is 0.862. The zero-order valence-electron chi connectivity index (χ0n) is 14.4. The standard InChI is InChI=1S/C21H18N2O4/c1-13-17(26-20(22)24)12-16(14-8-4-2-5-9-14)19(27-21(23)25)18(13)15-10-6-3-7-11-15/h2-12,18H,1H2,(H2,22,24)(H2,23,25). The molecule has 0 bridgehead atoms. The van der Waals surface area contributed by atoms with Crippen LogP contribution in [0.2, 0.25) is 0 Å². The van der Waals surface area contributed by atoms with E-state index in [4.69, 9.17) is 20.9 Å². The van der Waals surface area contributed by atoms with Crippen LogP contribution in [0, 0.1) is 0 Å². The van der Waals surface area contributed by atoms with Crippen LogP contribution in [0.5, 0.6) is 0 Å². The first-order chi connectivity index (χ1) is 13.0. The van der Waals surface area contributed by atoms with E-state index in [2.05, 4.69) is 6.58 Å². The average Bonchev–Trinajstić information content (AvgIpc) is 2.65. The summed E-state index contributed by atoms with van der Waals surface area (Å²) < 4.78 is 10.5. The number of benzene rings is 2. The molecule has 0 aromatic heterocycles. The molecule has 136 valence electrons. The summed E-state index contributed by atoms with van der Waals surface area (Å²) in [5.41, 5.74) is 13.0. The molecule has 3 rings (SSSR count). The molecule has 1 aliphatic carbocycles. The Hall–Kier alpha value is -3.80. The fourth-order valence-electron chi connectivity index (χ4n) is 3.02. The fraction of sp³-hybridized carbons (Fsp3) is 0.0476. The van der Waals surface area contributed by atoms with Crippen molar-refractivity contribution >= 4 is 17.8 Å². The van der Waals surface area contributed by atoms with Gasteiger partial charge in [0.1, 0.15) is 11.5 Å². The molecule has 1 aliphatic rings. The molecule has 0 saturated heterocycles. The van der Waals surface area contributed by atoms with Crippen LogP contribution < -0.4 is 11.5 Å². The van der Waals surface area contributed by atoms with Crippen LogP contribution in [0.25, 0.3) is 5.57 Å². The largest absolute Gasteiger partial charge is 0.413 e. The third kappa shape index (κ3) is 3.90. The highest BCUT2D eigenvalue weighted by Gasteiger charge is 2.33. The second-order valence-electron chi connectivity index (χ2n) is 5.86. The summed E-state index contributed by atoms with van der Waals surface area (Å²) in [5, 5.41) is 0. The first kappa shape index (κ1) is 18.0. The molecular formula is C21H18N2O4. The lowest BCUT2D eigenvalue weighted by Crippen LogP contribution is -2.23. The van der Waals surface area contributed by atoms with E-state index >= 15 is 0 Å². The van der Waals surface area contributed by atoms with Crippen LogP contribution in [0.1, 0.15) is 17.0 Å². The van der Waals surface area contributed by atoms with E-state index in [9.17, 15) is 9.59 Å². The monoisotopic (exact) mass is 362 g/mol. The van der Waals surface area contributed by atoms with Gasteiger partial charge in [0.15, 0.2) is 0 Å². The van der Waals surface area contributed by atoms with Crippen molar-refractivity contribution in [3.63, 3.8) is 0 Å².